The van der Waals surface area contributed by atoms with Gasteiger partial charge in [0.1, 0.15) is 40.9 Å². The van der Waals surface area contributed by atoms with Crippen molar-refractivity contribution in [1.29, 1.82) is 0 Å². The third-order valence-electron chi connectivity index (χ3n) is 10.4. The summed E-state index contributed by atoms with van der Waals surface area (Å²) >= 11 is 0. The van der Waals surface area contributed by atoms with Gasteiger partial charge in [0.2, 0.25) is 11.8 Å². The van der Waals surface area contributed by atoms with Crippen molar-refractivity contribution in [2.45, 2.75) is 113 Å². The van der Waals surface area contributed by atoms with Gasteiger partial charge in [0.05, 0.1) is 25.1 Å². The summed E-state index contributed by atoms with van der Waals surface area (Å²) in [5.74, 6) is -2.93. The maximum atomic E-state index is 14.5. The molecule has 1 saturated carbocycles. The number of nitrogens with one attached hydrogen (secondary N) is 3. The van der Waals surface area contributed by atoms with Crippen molar-refractivity contribution in [2.24, 2.45) is 5.92 Å². The Hall–Kier alpha value is -5.19. The number of sulfonamides is 1. The van der Waals surface area contributed by atoms with Gasteiger partial charge in [-0.3, -0.25) is 19.3 Å². The minimum absolute atomic E-state index is 0.0199. The van der Waals surface area contributed by atoms with Crippen LogP contribution < -0.4 is 20.1 Å². The molecule has 5 atom stereocenters. The number of alkyl carbamates (subject to hydrolysis) is 1. The van der Waals surface area contributed by atoms with Crippen LogP contribution in [0.25, 0.3) is 0 Å². The Balaban J connectivity index is 1.26. The molecule has 6 rings (SSSR count). The predicted octanol–water partition coefficient (Wildman–Crippen LogP) is 4.05. The molecule has 3 aliphatic heterocycles. The summed E-state index contributed by atoms with van der Waals surface area (Å²) in [5.41, 5.74) is -1.52. The summed E-state index contributed by atoms with van der Waals surface area (Å²) in [6.45, 7) is 4.92. The van der Waals surface area contributed by atoms with Gasteiger partial charge in [-0.2, -0.15) is 0 Å². The van der Waals surface area contributed by atoms with Crippen LogP contribution in [-0.2, 0) is 47.0 Å². The number of halogens is 1. The lowest BCUT2D eigenvalue weighted by molar-refractivity contribution is -0.141. The first kappa shape index (κ1) is 40.5. The van der Waals surface area contributed by atoms with Gasteiger partial charge >= 0.3 is 12.2 Å². The molecular weight excluding hydrogens is 750 g/mol. The number of allylic oxidation sites excluding steroid dienone is 1. The topological polar surface area (TPSA) is 190 Å². The number of carbonyl (C=O) groups is 5. The van der Waals surface area contributed by atoms with Crippen LogP contribution in [0.5, 0.6) is 5.75 Å². The second-order valence-electron chi connectivity index (χ2n) is 15.6. The number of fused-ring (bicyclic) bond motifs is 3. The van der Waals surface area contributed by atoms with Crippen molar-refractivity contribution < 1.29 is 51.0 Å². The quantitative estimate of drug-likeness (QED) is 0.360. The Labute approximate surface area is 325 Å². The van der Waals surface area contributed by atoms with Crippen molar-refractivity contribution >= 4 is 39.9 Å². The molecular formula is C39H48FN5O10S. The lowest BCUT2D eigenvalue weighted by Gasteiger charge is -2.30. The molecule has 56 heavy (non-hydrogen) atoms. The fraction of sp³-hybridized carbons (Fsp3) is 0.513. The SMILES string of the molecule is COc1ccc(S(=O)(=O)NC(=O)[C@@]23C[C@H]2/C=C\CCCCC[C@H](NC(=O)OC(C)(C)C)C(=O)N2C[C@H](OC(=O)N4Cc5cccc(F)c5C4)C[C@H]2C(=O)N3)cc1. The number of carbonyl (C=O) groups excluding carboxylic acids is 5. The number of hydrogen-bond donors (Lipinski definition) is 3. The van der Waals surface area contributed by atoms with Crippen LogP contribution in [0.15, 0.2) is 59.5 Å². The second kappa shape index (κ2) is 16.1. The van der Waals surface area contributed by atoms with E-state index in [9.17, 15) is 36.8 Å². The highest BCUT2D eigenvalue weighted by Gasteiger charge is 2.61. The van der Waals surface area contributed by atoms with Crippen molar-refractivity contribution in [3.63, 3.8) is 0 Å². The Kier molecular flexibility index (Phi) is 11.6. The molecule has 15 nitrogen and oxygen atoms in total. The number of ether oxygens (including phenoxy) is 3. The van der Waals surface area contributed by atoms with Crippen molar-refractivity contribution in [3.05, 3.63) is 71.6 Å². The molecule has 4 aliphatic rings. The molecule has 5 amide bonds. The molecule has 1 aliphatic carbocycles. The van der Waals surface area contributed by atoms with E-state index in [4.69, 9.17) is 14.2 Å². The van der Waals surface area contributed by atoms with Crippen LogP contribution in [0.4, 0.5) is 14.0 Å². The first-order valence-corrected chi connectivity index (χ1v) is 20.2. The van der Waals surface area contributed by atoms with E-state index >= 15 is 0 Å². The first-order chi connectivity index (χ1) is 26.5. The molecule has 302 valence electrons. The van der Waals surface area contributed by atoms with E-state index in [1.807, 2.05) is 6.08 Å². The lowest BCUT2D eigenvalue weighted by Crippen LogP contribution is -2.58. The molecule has 0 spiro atoms. The van der Waals surface area contributed by atoms with E-state index in [-0.39, 0.29) is 43.8 Å². The van der Waals surface area contributed by atoms with E-state index in [0.717, 1.165) is 6.42 Å². The second-order valence-corrected chi connectivity index (χ2v) is 17.3. The number of rotatable bonds is 6. The van der Waals surface area contributed by atoms with Crippen molar-refractivity contribution in [2.75, 3.05) is 13.7 Å². The Morgan fingerprint density at radius 2 is 1.77 bits per heavy atom. The van der Waals surface area contributed by atoms with Crippen LogP contribution in [0.3, 0.4) is 0 Å². The molecule has 2 fully saturated rings. The maximum absolute atomic E-state index is 14.5. The van der Waals surface area contributed by atoms with Gasteiger partial charge in [0.15, 0.2) is 0 Å². The summed E-state index contributed by atoms with van der Waals surface area (Å²) in [4.78, 5) is 71.4. The summed E-state index contributed by atoms with van der Waals surface area (Å²) in [7, 11) is -2.94. The summed E-state index contributed by atoms with van der Waals surface area (Å²) in [6, 6.07) is 7.64. The minimum Gasteiger partial charge on any atom is -0.497 e. The number of amides is 5. The third kappa shape index (κ3) is 9.09. The molecule has 0 bridgehead atoms. The predicted molar refractivity (Wildman–Crippen MR) is 199 cm³/mol. The van der Waals surface area contributed by atoms with E-state index < -0.39 is 81.0 Å². The number of methoxy groups -OCH3 is 1. The van der Waals surface area contributed by atoms with Gasteiger partial charge in [0.25, 0.3) is 15.9 Å². The van der Waals surface area contributed by atoms with Gasteiger partial charge in [-0.25, -0.2) is 27.1 Å². The zero-order valence-electron chi connectivity index (χ0n) is 31.8. The zero-order chi connectivity index (χ0) is 40.4. The normalized spacial score (nSPS) is 25.9. The highest BCUT2D eigenvalue weighted by molar-refractivity contribution is 7.90. The molecule has 2 aromatic rings. The standard InChI is InChI=1S/C39H48FN5O10S/c1-38(2,3)55-36(49)41-31-14-9-7-5-6-8-12-25-20-39(25,35(48)43-56(51,52)28-17-15-26(53-4)16-18-28)42-33(46)32-19-27(22-45(32)34(31)47)54-37(50)44-21-24-11-10-13-30(40)29(24)23-44/h8,10-13,15-18,25,27,31-32H,5-7,9,14,19-23H2,1-4H3,(H,41,49)(H,42,46)(H,43,48)/b12-8-/t25-,27-,31+,32+,39-/m1/s1. The van der Waals surface area contributed by atoms with E-state index in [2.05, 4.69) is 15.4 Å². The van der Waals surface area contributed by atoms with Gasteiger partial charge in [-0.15, -0.1) is 0 Å². The number of benzene rings is 2. The molecule has 1 saturated heterocycles. The Bertz CT molecular complexity index is 2000. The highest BCUT2D eigenvalue weighted by atomic mass is 32.2. The van der Waals surface area contributed by atoms with Gasteiger partial charge in [-0.05, 0) is 82.3 Å². The monoisotopic (exact) mass is 797 g/mol. The maximum Gasteiger partial charge on any atom is 0.410 e. The zero-order valence-corrected chi connectivity index (χ0v) is 32.7. The number of hydrogen-bond acceptors (Lipinski definition) is 10. The van der Waals surface area contributed by atoms with Crippen LogP contribution in [0.2, 0.25) is 0 Å². The first-order valence-electron chi connectivity index (χ1n) is 18.7. The average Bonchev–Trinajstić information content (AvgIpc) is 3.42. The third-order valence-corrected chi connectivity index (χ3v) is 11.7. The van der Waals surface area contributed by atoms with Gasteiger partial charge in [-0.1, -0.05) is 37.1 Å². The summed E-state index contributed by atoms with van der Waals surface area (Å²) in [6.07, 6.45) is 3.83. The average molecular weight is 798 g/mol. The number of nitrogens with zero attached hydrogens (tertiary/aromatic N) is 2. The summed E-state index contributed by atoms with van der Waals surface area (Å²) in [5, 5.41) is 5.43. The van der Waals surface area contributed by atoms with Gasteiger partial charge in [0, 0.05) is 24.4 Å². The van der Waals surface area contributed by atoms with Crippen LogP contribution in [-0.4, -0.2) is 91.1 Å². The van der Waals surface area contributed by atoms with E-state index in [1.165, 1.54) is 47.2 Å². The molecule has 3 heterocycles. The fourth-order valence-corrected chi connectivity index (χ4v) is 8.41. The summed E-state index contributed by atoms with van der Waals surface area (Å²) < 4.78 is 59.6. The molecule has 2 aromatic carbocycles. The van der Waals surface area contributed by atoms with E-state index in [0.29, 0.717) is 36.1 Å². The molecule has 0 unspecified atom stereocenters. The van der Waals surface area contributed by atoms with Crippen LogP contribution in [0.1, 0.15) is 76.8 Å². The van der Waals surface area contributed by atoms with Crippen LogP contribution in [0, 0.1) is 11.7 Å². The Morgan fingerprint density at radius 3 is 2.46 bits per heavy atom. The minimum atomic E-state index is -4.37. The largest absolute Gasteiger partial charge is 0.497 e. The van der Waals surface area contributed by atoms with Crippen molar-refractivity contribution in [3.8, 4) is 5.75 Å². The van der Waals surface area contributed by atoms with E-state index in [1.54, 1.807) is 39.0 Å². The highest BCUT2D eigenvalue weighted by Crippen LogP contribution is 2.46. The fourth-order valence-electron chi connectivity index (χ4n) is 7.37. The molecule has 0 aromatic heterocycles. The van der Waals surface area contributed by atoms with Crippen LogP contribution >= 0.6 is 0 Å². The lowest BCUT2D eigenvalue weighted by atomic mass is 10.0. The smallest absolute Gasteiger partial charge is 0.410 e. The van der Waals surface area contributed by atoms with Gasteiger partial charge < -0.3 is 29.7 Å². The molecule has 0 radical (unpaired) electrons. The molecule has 3 N–H and O–H groups in total. The van der Waals surface area contributed by atoms with Crippen molar-refractivity contribution in [1.82, 2.24) is 25.2 Å². The Morgan fingerprint density at radius 1 is 1.02 bits per heavy atom. The molecule has 17 heteroatoms.